The second-order valence-corrected chi connectivity index (χ2v) is 8.32. The van der Waals surface area contributed by atoms with Gasteiger partial charge in [0.15, 0.2) is 0 Å². The minimum absolute atomic E-state index is 0.152. The molecule has 0 atom stereocenters. The van der Waals surface area contributed by atoms with Gasteiger partial charge in [0.2, 0.25) is 0 Å². The minimum atomic E-state index is -0.688. The van der Waals surface area contributed by atoms with E-state index in [-0.39, 0.29) is 11.7 Å². The van der Waals surface area contributed by atoms with Gasteiger partial charge < -0.3 is 9.84 Å². The SMILES string of the molecule is CC1=C(CN2CC(C(=O)O)C2)CCc2cc(OCCCc3ccccc3F)ccc21. The Labute approximate surface area is 177 Å². The molecular weight excluding hydrogens is 381 g/mol. The predicted molar refractivity (Wildman–Crippen MR) is 115 cm³/mol. The Kier molecular flexibility index (Phi) is 6.18. The van der Waals surface area contributed by atoms with Crippen LogP contribution >= 0.6 is 0 Å². The molecule has 5 heteroatoms. The third-order valence-electron chi connectivity index (χ3n) is 6.25. The van der Waals surface area contributed by atoms with Crippen LogP contribution in [0.5, 0.6) is 5.75 Å². The van der Waals surface area contributed by atoms with Crippen LogP contribution in [0.1, 0.15) is 36.5 Å². The van der Waals surface area contributed by atoms with Crippen molar-refractivity contribution in [3.05, 3.63) is 70.5 Å². The molecule has 0 unspecified atom stereocenters. The summed E-state index contributed by atoms with van der Waals surface area (Å²) in [4.78, 5) is 13.2. The van der Waals surface area contributed by atoms with Crippen molar-refractivity contribution in [2.75, 3.05) is 26.2 Å². The van der Waals surface area contributed by atoms with Crippen molar-refractivity contribution in [1.29, 1.82) is 0 Å². The summed E-state index contributed by atoms with van der Waals surface area (Å²) in [6.07, 6.45) is 3.42. The van der Waals surface area contributed by atoms with Crippen LogP contribution < -0.4 is 4.74 Å². The van der Waals surface area contributed by atoms with Crippen molar-refractivity contribution in [2.45, 2.75) is 32.6 Å². The first kappa shape index (κ1) is 20.6. The van der Waals surface area contributed by atoms with Crippen molar-refractivity contribution in [3.8, 4) is 5.75 Å². The van der Waals surface area contributed by atoms with Gasteiger partial charge in [-0.3, -0.25) is 9.69 Å². The third kappa shape index (κ3) is 4.57. The van der Waals surface area contributed by atoms with E-state index in [0.717, 1.165) is 37.1 Å². The van der Waals surface area contributed by atoms with Crippen molar-refractivity contribution in [3.63, 3.8) is 0 Å². The maximum Gasteiger partial charge on any atom is 0.309 e. The molecular formula is C25H28FNO3. The Balaban J connectivity index is 1.31. The number of carboxylic acid groups (broad SMARTS) is 1. The molecule has 1 N–H and O–H groups in total. The molecule has 0 saturated carbocycles. The summed E-state index contributed by atoms with van der Waals surface area (Å²) in [6, 6.07) is 13.2. The van der Waals surface area contributed by atoms with Crippen LogP contribution in [0, 0.1) is 11.7 Å². The highest BCUT2D eigenvalue weighted by molar-refractivity contribution is 5.73. The molecule has 1 fully saturated rings. The van der Waals surface area contributed by atoms with Gasteiger partial charge in [-0.15, -0.1) is 0 Å². The van der Waals surface area contributed by atoms with E-state index in [2.05, 4.69) is 24.0 Å². The number of rotatable bonds is 8. The van der Waals surface area contributed by atoms with E-state index in [1.165, 1.54) is 28.3 Å². The maximum atomic E-state index is 13.7. The Morgan fingerprint density at radius 1 is 1.20 bits per heavy atom. The number of carboxylic acids is 1. The van der Waals surface area contributed by atoms with E-state index < -0.39 is 5.97 Å². The Morgan fingerprint density at radius 2 is 2.00 bits per heavy atom. The number of aliphatic carboxylic acids is 1. The molecule has 1 saturated heterocycles. The maximum absolute atomic E-state index is 13.7. The lowest BCUT2D eigenvalue weighted by Crippen LogP contribution is -2.50. The summed E-state index contributed by atoms with van der Waals surface area (Å²) in [5, 5.41) is 9.05. The van der Waals surface area contributed by atoms with Gasteiger partial charge in [-0.25, -0.2) is 4.39 Å². The Morgan fingerprint density at radius 3 is 2.77 bits per heavy atom. The zero-order chi connectivity index (χ0) is 21.1. The number of likely N-dealkylation sites (tertiary alicyclic amines) is 1. The van der Waals surface area contributed by atoms with Crippen molar-refractivity contribution in [1.82, 2.24) is 4.90 Å². The summed E-state index contributed by atoms with van der Waals surface area (Å²) >= 11 is 0. The molecule has 0 bridgehead atoms. The number of benzene rings is 2. The molecule has 2 aliphatic rings. The monoisotopic (exact) mass is 409 g/mol. The van der Waals surface area contributed by atoms with Crippen LogP contribution in [0.2, 0.25) is 0 Å². The lowest BCUT2D eigenvalue weighted by Gasteiger charge is -2.38. The van der Waals surface area contributed by atoms with Gasteiger partial charge in [0.05, 0.1) is 12.5 Å². The number of hydrogen-bond acceptors (Lipinski definition) is 3. The van der Waals surface area contributed by atoms with Crippen LogP contribution in [0.4, 0.5) is 4.39 Å². The first-order valence-electron chi connectivity index (χ1n) is 10.6. The molecule has 1 heterocycles. The summed E-state index contributed by atoms with van der Waals surface area (Å²) in [6.45, 7) is 4.89. The normalized spacial score (nSPS) is 16.9. The van der Waals surface area contributed by atoms with Crippen molar-refractivity contribution >= 4 is 11.5 Å². The van der Waals surface area contributed by atoms with Crippen LogP contribution in [-0.4, -0.2) is 42.2 Å². The highest BCUT2D eigenvalue weighted by Gasteiger charge is 2.33. The van der Waals surface area contributed by atoms with Crippen LogP contribution in [-0.2, 0) is 17.6 Å². The van der Waals surface area contributed by atoms with Gasteiger partial charge in [-0.05, 0) is 73.1 Å². The molecule has 1 aliphatic heterocycles. The van der Waals surface area contributed by atoms with E-state index in [1.54, 1.807) is 6.07 Å². The Hall–Kier alpha value is -2.66. The highest BCUT2D eigenvalue weighted by Crippen LogP contribution is 2.34. The number of nitrogens with zero attached hydrogens (tertiary/aromatic N) is 1. The van der Waals surface area contributed by atoms with E-state index >= 15 is 0 Å². The van der Waals surface area contributed by atoms with Crippen LogP contribution in [0.15, 0.2) is 48.0 Å². The molecule has 0 aromatic heterocycles. The minimum Gasteiger partial charge on any atom is -0.494 e. The summed E-state index contributed by atoms with van der Waals surface area (Å²) < 4.78 is 19.6. The average Bonchev–Trinajstić information content (AvgIpc) is 2.70. The second-order valence-electron chi connectivity index (χ2n) is 8.32. The smallest absolute Gasteiger partial charge is 0.309 e. The molecule has 1 aliphatic carbocycles. The summed E-state index contributed by atoms with van der Waals surface area (Å²) in [5.41, 5.74) is 6.02. The van der Waals surface area contributed by atoms with Crippen LogP contribution in [0.3, 0.4) is 0 Å². The standard InChI is InChI=1S/C25H28FNO3/c1-17-20(14-27-15-21(16-27)25(28)29)9-8-19-13-22(10-11-23(17)19)30-12-4-6-18-5-2-3-7-24(18)26/h2-3,5,7,10-11,13,21H,4,6,8-9,12,14-16H2,1H3,(H,28,29). The van der Waals surface area contributed by atoms with E-state index in [1.807, 2.05) is 18.2 Å². The second kappa shape index (κ2) is 9.00. The molecule has 4 rings (SSSR count). The Bertz CT molecular complexity index is 963. The fraction of sp³-hybridized carbons (Fsp3) is 0.400. The molecule has 2 aromatic carbocycles. The van der Waals surface area contributed by atoms with E-state index in [4.69, 9.17) is 9.84 Å². The number of carbonyl (C=O) groups is 1. The fourth-order valence-corrected chi connectivity index (χ4v) is 4.37. The molecule has 0 amide bonds. The van der Waals surface area contributed by atoms with Gasteiger partial charge >= 0.3 is 5.97 Å². The molecule has 30 heavy (non-hydrogen) atoms. The zero-order valence-corrected chi connectivity index (χ0v) is 17.4. The first-order chi connectivity index (χ1) is 14.5. The number of ether oxygens (including phenoxy) is 1. The third-order valence-corrected chi connectivity index (χ3v) is 6.25. The number of allylic oxidation sites excluding steroid dienone is 1. The first-order valence-corrected chi connectivity index (χ1v) is 10.6. The highest BCUT2D eigenvalue weighted by atomic mass is 19.1. The quantitative estimate of drug-likeness (QED) is 0.649. The van der Waals surface area contributed by atoms with Crippen molar-refractivity contribution < 1.29 is 19.0 Å². The topological polar surface area (TPSA) is 49.8 Å². The largest absolute Gasteiger partial charge is 0.494 e. The number of fused-ring (bicyclic) bond motifs is 1. The molecule has 0 spiro atoms. The zero-order valence-electron chi connectivity index (χ0n) is 17.4. The molecule has 2 aromatic rings. The van der Waals surface area contributed by atoms with E-state index in [9.17, 15) is 9.18 Å². The van der Waals surface area contributed by atoms with Gasteiger partial charge in [0, 0.05) is 19.6 Å². The van der Waals surface area contributed by atoms with Gasteiger partial charge in [0.1, 0.15) is 11.6 Å². The summed E-state index contributed by atoms with van der Waals surface area (Å²) in [5.74, 6) is -0.182. The fourth-order valence-electron chi connectivity index (χ4n) is 4.37. The van der Waals surface area contributed by atoms with Gasteiger partial charge in [0.25, 0.3) is 0 Å². The average molecular weight is 410 g/mol. The molecule has 158 valence electrons. The van der Waals surface area contributed by atoms with Gasteiger partial charge in [-0.2, -0.15) is 0 Å². The van der Waals surface area contributed by atoms with Gasteiger partial charge in [-0.1, -0.05) is 29.8 Å². The lowest BCUT2D eigenvalue weighted by molar-refractivity contribution is -0.147. The summed E-state index contributed by atoms with van der Waals surface area (Å²) in [7, 11) is 0. The lowest BCUT2D eigenvalue weighted by atomic mass is 9.85. The molecule has 0 radical (unpaired) electrons. The number of aryl methyl sites for hydroxylation is 2. The molecule has 4 nitrogen and oxygen atoms in total. The van der Waals surface area contributed by atoms with E-state index in [0.29, 0.717) is 26.1 Å². The number of hydrogen-bond donors (Lipinski definition) is 1. The van der Waals surface area contributed by atoms with Crippen molar-refractivity contribution in [2.24, 2.45) is 5.92 Å². The van der Waals surface area contributed by atoms with Crippen LogP contribution in [0.25, 0.3) is 5.57 Å². The predicted octanol–water partition coefficient (Wildman–Crippen LogP) is 4.57. The number of halogens is 1.